The van der Waals surface area contributed by atoms with E-state index in [-0.39, 0.29) is 30.0 Å². The predicted octanol–water partition coefficient (Wildman–Crippen LogP) is 3.01. The van der Waals surface area contributed by atoms with Crippen LogP contribution in [0.3, 0.4) is 0 Å². The molecule has 0 aromatic carbocycles. The highest BCUT2D eigenvalue weighted by Crippen LogP contribution is 2.31. The maximum Gasteiger partial charge on any atom is 0.236 e. The number of aryl methyl sites for hydroxylation is 1. The van der Waals surface area contributed by atoms with Gasteiger partial charge in [0, 0.05) is 77.5 Å². The van der Waals surface area contributed by atoms with Gasteiger partial charge in [0.1, 0.15) is 12.2 Å². The minimum Gasteiger partial charge on any atom is -0.363 e. The molecule has 3 aliphatic heterocycles. The number of nitrogens with one attached hydrogen (secondary N) is 1. The van der Waals surface area contributed by atoms with Gasteiger partial charge in [-0.25, -0.2) is 19.5 Å². The molecule has 0 radical (unpaired) electrons. The molecule has 1 atom stereocenters. The van der Waals surface area contributed by atoms with Crippen LogP contribution < -0.4 is 10.2 Å². The summed E-state index contributed by atoms with van der Waals surface area (Å²) in [4.78, 5) is 35.2. The molecule has 0 spiro atoms. The van der Waals surface area contributed by atoms with E-state index in [1.54, 1.807) is 15.6 Å². The van der Waals surface area contributed by atoms with Crippen molar-refractivity contribution in [3.63, 3.8) is 0 Å². The molecule has 252 valence electrons. The van der Waals surface area contributed by atoms with Crippen molar-refractivity contribution in [3.05, 3.63) is 54.6 Å². The number of nitriles is 1. The van der Waals surface area contributed by atoms with E-state index >= 15 is 4.39 Å². The lowest BCUT2D eigenvalue weighted by Gasteiger charge is -2.39. The van der Waals surface area contributed by atoms with Crippen molar-refractivity contribution in [1.29, 1.82) is 5.26 Å². The number of rotatable bonds is 9. The highest BCUT2D eigenvalue weighted by Gasteiger charge is 2.30. The van der Waals surface area contributed by atoms with Crippen LogP contribution in [0.4, 0.5) is 16.0 Å². The average molecular weight is 655 g/mol. The number of hydrogen-bond acceptors (Lipinski definition) is 10. The Kier molecular flexibility index (Phi) is 9.49. The highest BCUT2D eigenvalue weighted by atomic mass is 19.1. The molecule has 0 unspecified atom stereocenters. The minimum absolute atomic E-state index is 0.129. The molecular weight excluding hydrogens is 611 g/mol. The Morgan fingerprint density at radius 1 is 1.04 bits per heavy atom. The molecule has 7 heterocycles. The summed E-state index contributed by atoms with van der Waals surface area (Å²) in [6, 6.07) is 7.54. The first-order valence-electron chi connectivity index (χ1n) is 17.0. The van der Waals surface area contributed by atoms with E-state index in [4.69, 9.17) is 15.2 Å². The Labute approximate surface area is 280 Å². The molecule has 4 aromatic heterocycles. The number of halogens is 1. The number of imidazole rings is 1. The van der Waals surface area contributed by atoms with Gasteiger partial charge in [-0.2, -0.15) is 14.8 Å². The molecule has 7 rings (SSSR count). The van der Waals surface area contributed by atoms with E-state index in [9.17, 15) is 4.79 Å². The molecule has 1 amide bonds. The molecule has 3 saturated heterocycles. The fraction of sp³-hybridized carbons (Fsp3) is 0.529. The zero-order valence-electron chi connectivity index (χ0n) is 27.5. The predicted molar refractivity (Wildman–Crippen MR) is 179 cm³/mol. The summed E-state index contributed by atoms with van der Waals surface area (Å²) >= 11 is 0. The number of amides is 1. The molecule has 1 N–H and O–H groups in total. The molecule has 3 fully saturated rings. The van der Waals surface area contributed by atoms with Crippen molar-refractivity contribution in [3.8, 4) is 17.5 Å². The van der Waals surface area contributed by atoms with Crippen LogP contribution in [0.5, 0.6) is 0 Å². The van der Waals surface area contributed by atoms with Gasteiger partial charge >= 0.3 is 0 Å². The fourth-order valence-electron chi connectivity index (χ4n) is 7.25. The SMILES string of the molecule is Cn1ccnc1CN1CCC(CN2CCN(c3nc(-c4cnn5ccccc45)nc(N[C@@H]4CCCN(C(=O)CC#N)C4)c3F)CC2)CC1. The van der Waals surface area contributed by atoms with E-state index in [2.05, 4.69) is 29.8 Å². The van der Waals surface area contributed by atoms with Crippen LogP contribution in [-0.2, 0) is 18.4 Å². The second kappa shape index (κ2) is 14.2. The van der Waals surface area contributed by atoms with Crippen LogP contribution in [0.1, 0.15) is 37.9 Å². The Morgan fingerprint density at radius 3 is 2.65 bits per heavy atom. The molecule has 48 heavy (non-hydrogen) atoms. The monoisotopic (exact) mass is 654 g/mol. The lowest BCUT2D eigenvalue weighted by atomic mass is 9.96. The second-order valence-corrected chi connectivity index (χ2v) is 13.2. The number of aromatic nitrogens is 6. The van der Waals surface area contributed by atoms with Gasteiger partial charge in [-0.15, -0.1) is 0 Å². The third-order valence-electron chi connectivity index (χ3n) is 10.0. The van der Waals surface area contributed by atoms with E-state index in [0.717, 1.165) is 69.0 Å². The third-order valence-corrected chi connectivity index (χ3v) is 10.0. The first-order chi connectivity index (χ1) is 23.4. The first kappa shape index (κ1) is 32.0. The summed E-state index contributed by atoms with van der Waals surface area (Å²) in [5.41, 5.74) is 1.56. The lowest BCUT2D eigenvalue weighted by molar-refractivity contribution is -0.131. The number of carbonyl (C=O) groups excluding carboxylic acids is 1. The molecule has 0 saturated carbocycles. The summed E-state index contributed by atoms with van der Waals surface area (Å²) in [5.74, 6) is 1.90. The number of piperazine rings is 1. The number of fused-ring (bicyclic) bond motifs is 1. The molecule has 13 nitrogen and oxygen atoms in total. The van der Waals surface area contributed by atoms with Gasteiger partial charge in [-0.1, -0.05) is 6.07 Å². The number of likely N-dealkylation sites (tertiary alicyclic amines) is 2. The second-order valence-electron chi connectivity index (χ2n) is 13.2. The standard InChI is InChI=1S/C34H43FN12O/c1-42-16-11-37-29(42)24-43-14-8-25(9-15-43)22-44-17-19-45(20-18-44)34-31(35)33(39-26-5-4-12-46(23-26)30(48)7-10-36)40-32(41-34)27-21-38-47-13-3-2-6-28(27)47/h2-3,6,11,13,16,21,25-26H,4-5,7-9,12,14-15,17-20,22-24H2,1H3,(H,39,40,41)/t26-/m1/s1. The fourth-order valence-corrected chi connectivity index (χ4v) is 7.25. The van der Waals surface area contributed by atoms with Crippen molar-refractivity contribution < 1.29 is 9.18 Å². The number of anilines is 2. The summed E-state index contributed by atoms with van der Waals surface area (Å²) in [6.45, 7) is 8.11. The zero-order valence-corrected chi connectivity index (χ0v) is 27.5. The number of piperidine rings is 2. The highest BCUT2D eigenvalue weighted by molar-refractivity contribution is 5.79. The molecular formula is C34H43FN12O. The van der Waals surface area contributed by atoms with Crippen LogP contribution in [0.25, 0.3) is 16.9 Å². The van der Waals surface area contributed by atoms with Gasteiger partial charge in [-0.3, -0.25) is 14.6 Å². The molecule has 14 heteroatoms. The Morgan fingerprint density at radius 2 is 1.88 bits per heavy atom. The van der Waals surface area contributed by atoms with E-state index in [1.807, 2.05) is 54.8 Å². The van der Waals surface area contributed by atoms with Crippen LogP contribution in [0.15, 0.2) is 43.0 Å². The van der Waals surface area contributed by atoms with Gasteiger partial charge in [0.15, 0.2) is 17.5 Å². The van der Waals surface area contributed by atoms with Crippen molar-refractivity contribution >= 4 is 23.1 Å². The third kappa shape index (κ3) is 6.97. The lowest BCUT2D eigenvalue weighted by Crippen LogP contribution is -2.49. The Hall–Kier alpha value is -4.61. The molecule has 3 aliphatic rings. The summed E-state index contributed by atoms with van der Waals surface area (Å²) in [6.07, 6.45) is 11.2. The minimum atomic E-state index is -0.482. The van der Waals surface area contributed by atoms with E-state index in [0.29, 0.717) is 37.9 Å². The molecule has 0 bridgehead atoms. The Bertz CT molecular complexity index is 1770. The van der Waals surface area contributed by atoms with Crippen molar-refractivity contribution in [2.24, 2.45) is 13.0 Å². The largest absolute Gasteiger partial charge is 0.363 e. The maximum atomic E-state index is 16.4. The first-order valence-corrected chi connectivity index (χ1v) is 17.0. The summed E-state index contributed by atoms with van der Waals surface area (Å²) in [7, 11) is 2.05. The quantitative estimate of drug-likeness (QED) is 0.288. The van der Waals surface area contributed by atoms with E-state index < -0.39 is 5.82 Å². The van der Waals surface area contributed by atoms with Crippen LogP contribution in [0.2, 0.25) is 0 Å². The molecule has 4 aromatic rings. The van der Waals surface area contributed by atoms with Gasteiger partial charge in [0.2, 0.25) is 11.7 Å². The number of carbonyl (C=O) groups is 1. The van der Waals surface area contributed by atoms with Crippen molar-refractivity contribution in [2.75, 3.05) is 69.1 Å². The summed E-state index contributed by atoms with van der Waals surface area (Å²) < 4.78 is 20.2. The van der Waals surface area contributed by atoms with Crippen molar-refractivity contribution in [1.82, 2.24) is 43.8 Å². The van der Waals surface area contributed by atoms with Crippen LogP contribution >= 0.6 is 0 Å². The number of nitrogens with zero attached hydrogens (tertiary/aromatic N) is 11. The number of hydrogen-bond donors (Lipinski definition) is 1. The normalized spacial score (nSPS) is 19.9. The van der Waals surface area contributed by atoms with Crippen LogP contribution in [-0.4, -0.2) is 115 Å². The smallest absolute Gasteiger partial charge is 0.236 e. The molecule has 0 aliphatic carbocycles. The topological polar surface area (TPSA) is 127 Å². The van der Waals surface area contributed by atoms with E-state index in [1.165, 1.54) is 12.8 Å². The average Bonchev–Trinajstić information content (AvgIpc) is 3.73. The number of pyridine rings is 1. The van der Waals surface area contributed by atoms with Gasteiger partial charge < -0.3 is 19.7 Å². The Balaban J connectivity index is 1.04. The maximum absolute atomic E-state index is 16.4. The summed E-state index contributed by atoms with van der Waals surface area (Å²) in [5, 5.41) is 16.8. The van der Waals surface area contributed by atoms with Crippen molar-refractivity contribution in [2.45, 2.75) is 44.7 Å². The van der Waals surface area contributed by atoms with Gasteiger partial charge in [0.25, 0.3) is 0 Å². The van der Waals surface area contributed by atoms with Gasteiger partial charge in [-0.05, 0) is 56.8 Å². The zero-order chi connectivity index (χ0) is 33.0. The van der Waals surface area contributed by atoms with Gasteiger partial charge in [0.05, 0.1) is 29.9 Å². The van der Waals surface area contributed by atoms with Crippen LogP contribution in [0, 0.1) is 23.1 Å².